The summed E-state index contributed by atoms with van der Waals surface area (Å²) < 4.78 is 7.13. The Kier molecular flexibility index (Phi) is 5.35. The van der Waals surface area contributed by atoms with Gasteiger partial charge in [-0.1, -0.05) is 17.7 Å². The van der Waals surface area contributed by atoms with Crippen LogP contribution in [0, 0.1) is 6.92 Å². The molecule has 0 bridgehead atoms. The molecule has 106 valence electrons. The van der Waals surface area contributed by atoms with Gasteiger partial charge in [0, 0.05) is 6.54 Å². The minimum absolute atomic E-state index is 0.685. The Morgan fingerprint density at radius 3 is 2.40 bits per heavy atom. The van der Waals surface area contributed by atoms with Gasteiger partial charge in [-0.25, -0.2) is 0 Å². The third kappa shape index (κ3) is 3.68. The Hall–Kier alpha value is -0.710. The molecule has 2 nitrogen and oxygen atoms in total. The molecule has 2 aromatic carbocycles. The fourth-order valence-electron chi connectivity index (χ4n) is 1.88. The van der Waals surface area contributed by atoms with Crippen LogP contribution >= 0.6 is 43.5 Å². The number of methoxy groups -OCH3 is 1. The molecule has 0 aliphatic carbocycles. The predicted molar refractivity (Wildman–Crippen MR) is 91.9 cm³/mol. The van der Waals surface area contributed by atoms with Crippen molar-refractivity contribution in [1.82, 2.24) is 0 Å². The van der Waals surface area contributed by atoms with Gasteiger partial charge in [0.2, 0.25) is 0 Å². The average Bonchev–Trinajstić information content (AvgIpc) is 2.39. The third-order valence-electron chi connectivity index (χ3n) is 2.87. The summed E-state index contributed by atoms with van der Waals surface area (Å²) in [4.78, 5) is 0. The highest BCUT2D eigenvalue weighted by Crippen LogP contribution is 2.34. The van der Waals surface area contributed by atoms with E-state index in [-0.39, 0.29) is 0 Å². The highest BCUT2D eigenvalue weighted by Gasteiger charge is 2.08. The molecular weight excluding hydrogens is 405 g/mol. The van der Waals surface area contributed by atoms with E-state index in [9.17, 15) is 0 Å². The minimum atomic E-state index is 0.685. The van der Waals surface area contributed by atoms with Crippen molar-refractivity contribution in [3.63, 3.8) is 0 Å². The molecule has 1 N–H and O–H groups in total. The zero-order valence-corrected chi connectivity index (χ0v) is 15.1. The zero-order valence-electron chi connectivity index (χ0n) is 11.1. The highest BCUT2D eigenvalue weighted by atomic mass is 79.9. The van der Waals surface area contributed by atoms with Crippen molar-refractivity contribution in [3.8, 4) is 5.75 Å². The van der Waals surface area contributed by atoms with Crippen LogP contribution in [0.2, 0.25) is 5.02 Å². The molecule has 20 heavy (non-hydrogen) atoms. The first-order valence-corrected chi connectivity index (χ1v) is 7.99. The van der Waals surface area contributed by atoms with E-state index in [1.54, 1.807) is 7.11 Å². The van der Waals surface area contributed by atoms with Gasteiger partial charge in [-0.2, -0.15) is 0 Å². The molecule has 0 aliphatic heterocycles. The lowest BCUT2D eigenvalue weighted by molar-refractivity contribution is 0.409. The Labute approximate surface area is 140 Å². The van der Waals surface area contributed by atoms with Gasteiger partial charge in [0.1, 0.15) is 5.75 Å². The summed E-state index contributed by atoms with van der Waals surface area (Å²) in [7, 11) is 1.65. The van der Waals surface area contributed by atoms with E-state index in [1.165, 1.54) is 5.56 Å². The topological polar surface area (TPSA) is 21.3 Å². The monoisotopic (exact) mass is 417 g/mol. The molecule has 0 unspecified atom stereocenters. The van der Waals surface area contributed by atoms with Crippen LogP contribution in [0.3, 0.4) is 0 Å². The van der Waals surface area contributed by atoms with Crippen molar-refractivity contribution in [2.75, 3.05) is 12.4 Å². The number of hydrogen-bond acceptors (Lipinski definition) is 2. The molecule has 0 spiro atoms. The maximum atomic E-state index is 6.17. The summed E-state index contributed by atoms with van der Waals surface area (Å²) in [6.07, 6.45) is 0. The average molecular weight is 420 g/mol. The maximum absolute atomic E-state index is 6.17. The van der Waals surface area contributed by atoms with E-state index in [0.717, 1.165) is 31.0 Å². The van der Waals surface area contributed by atoms with Gasteiger partial charge in [0.25, 0.3) is 0 Å². The summed E-state index contributed by atoms with van der Waals surface area (Å²) in [6, 6.07) is 9.99. The van der Waals surface area contributed by atoms with Crippen LogP contribution in [0.1, 0.15) is 11.1 Å². The first-order chi connectivity index (χ1) is 9.51. The number of halogens is 3. The second-order valence-electron chi connectivity index (χ2n) is 4.43. The van der Waals surface area contributed by atoms with E-state index < -0.39 is 0 Å². The van der Waals surface area contributed by atoms with Crippen LogP contribution in [0.25, 0.3) is 0 Å². The van der Waals surface area contributed by atoms with Gasteiger partial charge in [-0.3, -0.25) is 0 Å². The molecule has 0 heterocycles. The molecule has 0 aromatic heterocycles. The second-order valence-corrected chi connectivity index (χ2v) is 6.55. The Balaban J connectivity index is 2.17. The van der Waals surface area contributed by atoms with Crippen LogP contribution in [-0.4, -0.2) is 7.11 Å². The summed E-state index contributed by atoms with van der Waals surface area (Å²) in [5, 5.41) is 4.07. The molecular formula is C15H14Br2ClNO. The lowest BCUT2D eigenvalue weighted by atomic mass is 10.2. The van der Waals surface area contributed by atoms with Crippen molar-refractivity contribution in [1.29, 1.82) is 0 Å². The smallest absolute Gasteiger partial charge is 0.147 e. The van der Waals surface area contributed by atoms with Gasteiger partial charge >= 0.3 is 0 Å². The Bertz CT molecular complexity index is 608. The summed E-state index contributed by atoms with van der Waals surface area (Å²) in [6.45, 7) is 2.73. The largest absolute Gasteiger partial charge is 0.494 e. The van der Waals surface area contributed by atoms with Crippen LogP contribution in [0.5, 0.6) is 5.75 Å². The van der Waals surface area contributed by atoms with E-state index in [1.807, 2.05) is 37.3 Å². The molecule has 0 atom stereocenters. The zero-order chi connectivity index (χ0) is 14.7. The Morgan fingerprint density at radius 1 is 1.15 bits per heavy atom. The number of aryl methyl sites for hydroxylation is 1. The van der Waals surface area contributed by atoms with Gasteiger partial charge in [-0.05, 0) is 74.2 Å². The predicted octanol–water partition coefficient (Wildman–Crippen LogP) is 5.79. The van der Waals surface area contributed by atoms with Crippen LogP contribution in [0.4, 0.5) is 5.69 Å². The third-order valence-corrected chi connectivity index (χ3v) is 4.37. The number of nitrogens with one attached hydrogen (secondary N) is 1. The number of rotatable bonds is 4. The summed E-state index contributed by atoms with van der Waals surface area (Å²) in [5.41, 5.74) is 3.24. The quantitative estimate of drug-likeness (QED) is 0.677. The molecule has 0 radical (unpaired) electrons. The van der Waals surface area contributed by atoms with Crippen molar-refractivity contribution in [2.45, 2.75) is 13.5 Å². The molecule has 2 aromatic rings. The van der Waals surface area contributed by atoms with Gasteiger partial charge < -0.3 is 10.1 Å². The molecule has 0 aliphatic rings. The van der Waals surface area contributed by atoms with Crippen molar-refractivity contribution < 1.29 is 4.74 Å². The lowest BCUT2D eigenvalue weighted by Crippen LogP contribution is -2.01. The molecule has 2 rings (SSSR count). The van der Waals surface area contributed by atoms with Crippen molar-refractivity contribution in [3.05, 3.63) is 55.4 Å². The number of ether oxygens (including phenoxy) is 1. The number of benzene rings is 2. The first kappa shape index (κ1) is 15.7. The molecule has 0 saturated carbocycles. The van der Waals surface area contributed by atoms with Gasteiger partial charge in [0.15, 0.2) is 0 Å². The van der Waals surface area contributed by atoms with Gasteiger partial charge in [0.05, 0.1) is 26.8 Å². The minimum Gasteiger partial charge on any atom is -0.494 e. The highest BCUT2D eigenvalue weighted by molar-refractivity contribution is 9.11. The fourth-order valence-corrected chi connectivity index (χ4v) is 3.67. The molecule has 5 heteroatoms. The van der Waals surface area contributed by atoms with Crippen molar-refractivity contribution in [2.24, 2.45) is 0 Å². The Morgan fingerprint density at radius 2 is 1.80 bits per heavy atom. The lowest BCUT2D eigenvalue weighted by Gasteiger charge is -2.12. The van der Waals surface area contributed by atoms with E-state index in [4.69, 9.17) is 16.3 Å². The maximum Gasteiger partial charge on any atom is 0.147 e. The SMILES string of the molecule is COc1c(Br)cc(CNc2cc(C)ccc2Cl)cc1Br. The van der Waals surface area contributed by atoms with E-state index in [2.05, 4.69) is 37.2 Å². The van der Waals surface area contributed by atoms with Crippen LogP contribution in [-0.2, 0) is 6.54 Å². The standard InChI is InChI=1S/C15H14Br2ClNO/c1-9-3-4-13(18)14(5-9)19-8-10-6-11(16)15(20-2)12(17)7-10/h3-7,19H,8H2,1-2H3. The summed E-state index contributed by atoms with van der Waals surface area (Å²) in [5.74, 6) is 0.794. The summed E-state index contributed by atoms with van der Waals surface area (Å²) >= 11 is 13.2. The molecule has 0 saturated heterocycles. The van der Waals surface area contributed by atoms with Gasteiger partial charge in [-0.15, -0.1) is 0 Å². The van der Waals surface area contributed by atoms with Crippen LogP contribution in [0.15, 0.2) is 39.3 Å². The molecule has 0 fully saturated rings. The van der Waals surface area contributed by atoms with Crippen LogP contribution < -0.4 is 10.1 Å². The van der Waals surface area contributed by atoms with E-state index in [0.29, 0.717) is 6.54 Å². The molecule has 0 amide bonds. The second kappa shape index (κ2) is 6.83. The first-order valence-electron chi connectivity index (χ1n) is 6.03. The normalized spacial score (nSPS) is 10.4. The van der Waals surface area contributed by atoms with E-state index >= 15 is 0 Å². The number of hydrogen-bond donors (Lipinski definition) is 1. The number of anilines is 1. The van der Waals surface area contributed by atoms with Crippen molar-refractivity contribution >= 4 is 49.1 Å². The fraction of sp³-hybridized carbons (Fsp3) is 0.200.